The second-order valence-corrected chi connectivity index (χ2v) is 15.4. The highest BCUT2D eigenvalue weighted by Crippen LogP contribution is 2.40. The number of aliphatic imine (C=N–C) groups is 1. The Hall–Kier alpha value is -4.92. The lowest BCUT2D eigenvalue weighted by atomic mass is 9.95. The molecular weight excluding hydrogens is 742 g/mol. The number of carbonyl (C=O) groups excluding carboxylic acids is 3. The minimum Gasteiger partial charge on any atom is -0.465 e. The van der Waals surface area contributed by atoms with E-state index in [-0.39, 0.29) is 35.3 Å². The molecular formula is C36H36ClN7O7S2. The van der Waals surface area contributed by atoms with Gasteiger partial charge in [-0.05, 0) is 69.5 Å². The molecule has 0 aliphatic carbocycles. The minimum atomic E-state index is -4.19. The molecule has 2 aliphatic heterocycles. The number of rotatable bonds is 8. The number of nitrogens with two attached hydrogens (primary N) is 1. The number of anilines is 1. The number of fused-ring (bicyclic) bond motifs is 3. The summed E-state index contributed by atoms with van der Waals surface area (Å²) >= 11 is 7.87. The summed E-state index contributed by atoms with van der Waals surface area (Å²) in [5.74, 6) is 5.05. The van der Waals surface area contributed by atoms with Gasteiger partial charge in [-0.25, -0.2) is 14.1 Å². The van der Waals surface area contributed by atoms with Gasteiger partial charge in [0.2, 0.25) is 11.8 Å². The van der Waals surface area contributed by atoms with Crippen LogP contribution in [0.3, 0.4) is 0 Å². The van der Waals surface area contributed by atoms with Gasteiger partial charge in [0, 0.05) is 51.3 Å². The largest absolute Gasteiger partial charge is 0.465 e. The van der Waals surface area contributed by atoms with Gasteiger partial charge >= 0.3 is 16.3 Å². The number of benzene rings is 2. The molecule has 2 aromatic carbocycles. The number of methoxy groups -OCH3 is 1. The molecule has 14 nitrogen and oxygen atoms in total. The fraction of sp³-hybridized carbons (Fsp3) is 0.333. The first-order valence-electron chi connectivity index (χ1n) is 16.6. The number of piperidine rings is 1. The van der Waals surface area contributed by atoms with Crippen molar-refractivity contribution in [3.05, 3.63) is 91.8 Å². The Kier molecular flexibility index (Phi) is 11.1. The fourth-order valence-corrected chi connectivity index (χ4v) is 7.88. The summed E-state index contributed by atoms with van der Waals surface area (Å²) in [6.07, 6.45) is 0.937. The smallest absolute Gasteiger partial charge is 0.339 e. The summed E-state index contributed by atoms with van der Waals surface area (Å²) in [5, 5.41) is 18.1. The van der Waals surface area contributed by atoms with Crippen LogP contribution in [0.4, 0.5) is 5.69 Å². The van der Waals surface area contributed by atoms with Gasteiger partial charge in [-0.3, -0.25) is 19.1 Å². The van der Waals surface area contributed by atoms with Gasteiger partial charge in [-0.2, -0.15) is 8.42 Å². The van der Waals surface area contributed by atoms with Gasteiger partial charge in [-0.15, -0.1) is 21.5 Å². The van der Waals surface area contributed by atoms with Crippen LogP contribution >= 0.6 is 22.9 Å². The molecule has 0 radical (unpaired) electrons. The molecule has 4 aromatic rings. The lowest BCUT2D eigenvalue weighted by Gasteiger charge is -2.32. The average molecular weight is 778 g/mol. The lowest BCUT2D eigenvalue weighted by molar-refractivity contribution is -0.134. The SMILES string of the molecule is COC(=O)c1ccc(NC(=O)C2CCN(C(=O)C[C@@H]3N=C(c4ccc(Cl)cc4)c4c(sc(C)c4C)-n4c(C)nnc43)CC2)cc1C#CCOS(N)(=O)=O. The summed E-state index contributed by atoms with van der Waals surface area (Å²) < 4.78 is 33.3. The highest BCUT2D eigenvalue weighted by atomic mass is 35.5. The quantitative estimate of drug-likeness (QED) is 0.193. The van der Waals surface area contributed by atoms with Gasteiger partial charge in [-0.1, -0.05) is 35.6 Å². The zero-order chi connectivity index (χ0) is 38.0. The monoisotopic (exact) mass is 777 g/mol. The zero-order valence-corrected chi connectivity index (χ0v) is 31.7. The molecule has 53 heavy (non-hydrogen) atoms. The van der Waals surface area contributed by atoms with Gasteiger partial charge in [0.25, 0.3) is 0 Å². The van der Waals surface area contributed by atoms with E-state index in [1.165, 1.54) is 19.2 Å². The Morgan fingerprint density at radius 1 is 1.08 bits per heavy atom. The normalized spacial score (nSPS) is 15.7. The number of halogens is 1. The van der Waals surface area contributed by atoms with Crippen LogP contribution in [0, 0.1) is 38.5 Å². The van der Waals surface area contributed by atoms with E-state index in [1.807, 2.05) is 35.8 Å². The molecule has 2 amide bonds. The summed E-state index contributed by atoms with van der Waals surface area (Å²) in [4.78, 5) is 47.6. The van der Waals surface area contributed by atoms with Crippen molar-refractivity contribution in [1.29, 1.82) is 0 Å². The van der Waals surface area contributed by atoms with Crippen molar-refractivity contribution < 1.29 is 31.7 Å². The lowest BCUT2D eigenvalue weighted by Crippen LogP contribution is -2.41. The van der Waals surface area contributed by atoms with Gasteiger partial charge in [0.1, 0.15) is 23.5 Å². The van der Waals surface area contributed by atoms with Crippen molar-refractivity contribution in [3.8, 4) is 16.8 Å². The third-order valence-corrected chi connectivity index (χ3v) is 11.0. The Morgan fingerprint density at radius 2 is 1.79 bits per heavy atom. The number of aryl methyl sites for hydroxylation is 2. The summed E-state index contributed by atoms with van der Waals surface area (Å²) in [6, 6.07) is 11.4. The standard InChI is InChI=1S/C36H36ClN7O7S2/c1-20-21(2)52-35-31(20)32(23-7-9-26(37)10-8-23)40-29(33-42-41-22(3)44(33)35)19-30(45)43-15-13-24(14-16-43)34(46)39-27-11-12-28(36(47)50-4)25(18-27)6-5-17-51-53(38,48)49/h7-12,18,24,29H,13-17,19H2,1-4H3,(H,39,46)(H2,38,48,49)/t29-/m0/s1. The van der Waals surface area contributed by atoms with Crippen molar-refractivity contribution >= 4 is 62.4 Å². The van der Waals surface area contributed by atoms with Crippen LogP contribution in [0.1, 0.15) is 74.4 Å². The van der Waals surface area contributed by atoms with E-state index in [9.17, 15) is 22.8 Å². The predicted molar refractivity (Wildman–Crippen MR) is 200 cm³/mol. The second kappa shape index (κ2) is 15.6. The van der Waals surface area contributed by atoms with Crippen molar-refractivity contribution in [1.82, 2.24) is 19.7 Å². The maximum Gasteiger partial charge on any atom is 0.339 e. The van der Waals surface area contributed by atoms with Gasteiger partial charge in [0.15, 0.2) is 5.82 Å². The number of nitrogens with one attached hydrogen (secondary N) is 1. The fourth-order valence-electron chi connectivity index (χ4n) is 6.32. The van der Waals surface area contributed by atoms with Gasteiger partial charge in [0.05, 0.1) is 24.8 Å². The molecule has 0 saturated carbocycles. The van der Waals surface area contributed by atoms with Gasteiger partial charge < -0.3 is 15.0 Å². The molecule has 6 rings (SSSR count). The van der Waals surface area contributed by atoms with Crippen LogP contribution in [-0.4, -0.2) is 78.4 Å². The minimum absolute atomic E-state index is 0.0671. The number of nitrogens with zero attached hydrogens (tertiary/aromatic N) is 5. The zero-order valence-electron chi connectivity index (χ0n) is 29.3. The van der Waals surface area contributed by atoms with Crippen LogP contribution in [-0.2, 0) is 28.8 Å². The molecule has 1 fully saturated rings. The van der Waals surface area contributed by atoms with E-state index >= 15 is 0 Å². The van der Waals surface area contributed by atoms with Crippen molar-refractivity contribution in [2.24, 2.45) is 16.0 Å². The van der Waals surface area contributed by atoms with Crippen molar-refractivity contribution in [3.63, 3.8) is 0 Å². The number of carbonyl (C=O) groups is 3. The Labute approximate surface area is 315 Å². The number of ether oxygens (including phenoxy) is 1. The van der Waals surface area contributed by atoms with E-state index < -0.39 is 28.9 Å². The molecule has 2 aliphatic rings. The topological polar surface area (TPSA) is 188 Å². The summed E-state index contributed by atoms with van der Waals surface area (Å²) in [5.41, 5.74) is 4.42. The average Bonchev–Trinajstić information content (AvgIpc) is 3.61. The molecule has 2 aromatic heterocycles. The van der Waals surface area contributed by atoms with Crippen molar-refractivity contribution in [2.45, 2.75) is 46.1 Å². The third kappa shape index (κ3) is 8.34. The highest BCUT2D eigenvalue weighted by Gasteiger charge is 2.35. The van der Waals surface area contributed by atoms with E-state index in [2.05, 4.69) is 45.4 Å². The van der Waals surface area contributed by atoms with Crippen LogP contribution in [0.5, 0.6) is 0 Å². The maximum atomic E-state index is 13.9. The summed E-state index contributed by atoms with van der Waals surface area (Å²) in [6.45, 7) is 6.25. The molecule has 1 saturated heterocycles. The predicted octanol–water partition coefficient (Wildman–Crippen LogP) is 4.43. The van der Waals surface area contributed by atoms with Crippen LogP contribution in [0.25, 0.3) is 5.00 Å². The Bertz CT molecular complexity index is 2300. The van der Waals surface area contributed by atoms with E-state index in [0.29, 0.717) is 48.3 Å². The number of thiophene rings is 1. The number of likely N-dealkylation sites (tertiary alicyclic amines) is 1. The molecule has 3 N–H and O–H groups in total. The number of amides is 2. The summed E-state index contributed by atoms with van der Waals surface area (Å²) in [7, 11) is -2.98. The Balaban J connectivity index is 1.16. The molecule has 276 valence electrons. The molecule has 17 heteroatoms. The molecule has 0 unspecified atom stereocenters. The first-order valence-corrected chi connectivity index (χ1v) is 19.2. The van der Waals surface area contributed by atoms with E-state index in [4.69, 9.17) is 26.5 Å². The van der Waals surface area contributed by atoms with Crippen LogP contribution < -0.4 is 10.5 Å². The van der Waals surface area contributed by atoms with Crippen LogP contribution in [0.15, 0.2) is 47.5 Å². The number of hydrogen-bond donors (Lipinski definition) is 2. The third-order valence-electron chi connectivity index (χ3n) is 9.15. The number of aromatic nitrogens is 3. The second-order valence-electron chi connectivity index (χ2n) is 12.6. The van der Waals surface area contributed by atoms with Crippen LogP contribution in [0.2, 0.25) is 5.02 Å². The molecule has 0 spiro atoms. The van der Waals surface area contributed by atoms with Crippen molar-refractivity contribution in [2.75, 3.05) is 32.1 Å². The molecule has 0 bridgehead atoms. The molecule has 1 atom stereocenters. The Morgan fingerprint density at radius 3 is 2.47 bits per heavy atom. The molecule has 4 heterocycles. The number of esters is 1. The first kappa shape index (κ1) is 37.8. The van der Waals surface area contributed by atoms with E-state index in [0.717, 1.165) is 32.3 Å². The first-order chi connectivity index (χ1) is 25.2. The maximum absolute atomic E-state index is 13.9. The highest BCUT2D eigenvalue weighted by molar-refractivity contribution is 7.84. The number of hydrogen-bond acceptors (Lipinski definition) is 11. The van der Waals surface area contributed by atoms with E-state index in [1.54, 1.807) is 22.3 Å².